The normalized spacial score (nSPS) is 11.0. The summed E-state index contributed by atoms with van der Waals surface area (Å²) in [5.74, 6) is 0. The Kier molecular flexibility index (Phi) is 3.34. The van der Waals surface area contributed by atoms with Crippen LogP contribution in [0.4, 0.5) is 18.9 Å². The number of nitriles is 1. The SMILES string of the molecule is N#Cc1cc(CN)c([N+](=O)[O-])c(C(F)(F)F)c1. The first-order valence-corrected chi connectivity index (χ1v) is 4.30. The Bertz CT molecular complexity index is 505. The summed E-state index contributed by atoms with van der Waals surface area (Å²) in [6, 6.07) is 2.92. The minimum absolute atomic E-state index is 0.316. The van der Waals surface area contributed by atoms with Gasteiger partial charge in [0.2, 0.25) is 0 Å². The summed E-state index contributed by atoms with van der Waals surface area (Å²) in [7, 11) is 0. The number of nitrogens with two attached hydrogens (primary N) is 1. The molecule has 0 spiro atoms. The zero-order valence-electron chi connectivity index (χ0n) is 8.28. The predicted octanol–water partition coefficient (Wildman–Crippen LogP) is 1.94. The van der Waals surface area contributed by atoms with Gasteiger partial charge in [-0.1, -0.05) is 0 Å². The van der Waals surface area contributed by atoms with E-state index in [4.69, 9.17) is 11.0 Å². The molecule has 1 rings (SSSR count). The maximum absolute atomic E-state index is 12.6. The van der Waals surface area contributed by atoms with E-state index in [2.05, 4.69) is 0 Å². The van der Waals surface area contributed by atoms with Gasteiger partial charge in [0, 0.05) is 12.1 Å². The van der Waals surface area contributed by atoms with E-state index in [-0.39, 0.29) is 11.1 Å². The molecule has 0 aliphatic carbocycles. The molecule has 0 saturated heterocycles. The van der Waals surface area contributed by atoms with Gasteiger partial charge in [0.15, 0.2) is 0 Å². The maximum Gasteiger partial charge on any atom is 0.423 e. The van der Waals surface area contributed by atoms with E-state index in [0.717, 1.165) is 6.07 Å². The van der Waals surface area contributed by atoms with Crippen LogP contribution < -0.4 is 5.73 Å². The van der Waals surface area contributed by atoms with Crippen molar-refractivity contribution in [3.05, 3.63) is 38.9 Å². The van der Waals surface area contributed by atoms with Crippen LogP contribution >= 0.6 is 0 Å². The molecule has 0 fully saturated rings. The zero-order valence-corrected chi connectivity index (χ0v) is 8.28. The van der Waals surface area contributed by atoms with Crippen molar-refractivity contribution in [2.75, 3.05) is 0 Å². The molecule has 1 aromatic rings. The van der Waals surface area contributed by atoms with Gasteiger partial charge >= 0.3 is 6.18 Å². The minimum Gasteiger partial charge on any atom is -0.326 e. The Balaban J connectivity index is 3.66. The van der Waals surface area contributed by atoms with Gasteiger partial charge in [-0.25, -0.2) is 0 Å². The minimum atomic E-state index is -4.90. The lowest BCUT2D eigenvalue weighted by molar-refractivity contribution is -0.388. The van der Waals surface area contributed by atoms with Crippen molar-refractivity contribution in [2.24, 2.45) is 5.73 Å². The number of nitro benzene ring substituents is 1. The van der Waals surface area contributed by atoms with Crippen LogP contribution in [0.25, 0.3) is 0 Å². The number of rotatable bonds is 2. The number of nitro groups is 1. The fourth-order valence-corrected chi connectivity index (χ4v) is 1.35. The Morgan fingerprint density at radius 2 is 2.06 bits per heavy atom. The van der Waals surface area contributed by atoms with Crippen molar-refractivity contribution in [2.45, 2.75) is 12.7 Å². The third-order valence-electron chi connectivity index (χ3n) is 2.03. The number of hydrogen-bond acceptors (Lipinski definition) is 4. The highest BCUT2D eigenvalue weighted by atomic mass is 19.4. The Labute approximate surface area is 93.4 Å². The fraction of sp³-hybridized carbons (Fsp3) is 0.222. The summed E-state index contributed by atoms with van der Waals surface area (Å²) >= 11 is 0. The van der Waals surface area contributed by atoms with Crippen LogP contribution in [0.3, 0.4) is 0 Å². The Hall–Kier alpha value is -2.14. The molecule has 0 aliphatic heterocycles. The number of alkyl halides is 3. The van der Waals surface area contributed by atoms with E-state index in [1.54, 1.807) is 0 Å². The highest BCUT2D eigenvalue weighted by Crippen LogP contribution is 2.38. The van der Waals surface area contributed by atoms with Gasteiger partial charge in [-0.3, -0.25) is 10.1 Å². The molecular weight excluding hydrogens is 239 g/mol. The first-order chi connectivity index (χ1) is 7.81. The van der Waals surface area contributed by atoms with Crippen molar-refractivity contribution < 1.29 is 18.1 Å². The zero-order chi connectivity index (χ0) is 13.2. The lowest BCUT2D eigenvalue weighted by atomic mass is 10.0. The Morgan fingerprint density at radius 3 is 2.41 bits per heavy atom. The van der Waals surface area contributed by atoms with Gasteiger partial charge < -0.3 is 5.73 Å². The molecule has 0 heterocycles. The van der Waals surface area contributed by atoms with E-state index in [0.29, 0.717) is 6.07 Å². The van der Waals surface area contributed by atoms with Crippen molar-refractivity contribution in [3.63, 3.8) is 0 Å². The number of halogens is 3. The monoisotopic (exact) mass is 245 g/mol. The molecule has 90 valence electrons. The molecule has 0 aliphatic rings. The highest BCUT2D eigenvalue weighted by Gasteiger charge is 2.40. The fourth-order valence-electron chi connectivity index (χ4n) is 1.35. The van der Waals surface area contributed by atoms with Crippen LogP contribution in [0.2, 0.25) is 0 Å². The molecule has 0 aromatic heterocycles. The second kappa shape index (κ2) is 4.39. The molecule has 5 nitrogen and oxygen atoms in total. The van der Waals surface area contributed by atoms with Gasteiger partial charge in [-0.05, 0) is 12.1 Å². The first kappa shape index (κ1) is 12.9. The topological polar surface area (TPSA) is 93.0 Å². The molecule has 0 unspecified atom stereocenters. The Morgan fingerprint density at radius 1 is 1.47 bits per heavy atom. The lowest BCUT2D eigenvalue weighted by Gasteiger charge is -2.10. The maximum atomic E-state index is 12.6. The third-order valence-corrected chi connectivity index (χ3v) is 2.03. The van der Waals surface area contributed by atoms with Crippen LogP contribution in [-0.2, 0) is 12.7 Å². The van der Waals surface area contributed by atoms with Gasteiger partial charge in [0.25, 0.3) is 5.69 Å². The second-order valence-electron chi connectivity index (χ2n) is 3.10. The van der Waals surface area contributed by atoms with E-state index in [1.807, 2.05) is 0 Å². The molecule has 1 aromatic carbocycles. The second-order valence-corrected chi connectivity index (χ2v) is 3.10. The van der Waals surface area contributed by atoms with E-state index in [9.17, 15) is 23.3 Å². The number of nitrogens with zero attached hydrogens (tertiary/aromatic N) is 2. The third kappa shape index (κ3) is 2.51. The van der Waals surface area contributed by atoms with E-state index < -0.39 is 28.9 Å². The predicted molar refractivity (Wildman–Crippen MR) is 50.7 cm³/mol. The van der Waals surface area contributed by atoms with Crippen molar-refractivity contribution in [3.8, 4) is 6.07 Å². The van der Waals surface area contributed by atoms with Crippen LogP contribution in [0, 0.1) is 21.4 Å². The molecule has 2 N–H and O–H groups in total. The van der Waals surface area contributed by atoms with Gasteiger partial charge in [-0.15, -0.1) is 0 Å². The standard InChI is InChI=1S/C9H6F3N3O2/c10-9(11,12)7-2-5(3-13)1-6(4-14)8(7)15(16)17/h1-2H,4,14H2. The molecule has 0 atom stereocenters. The van der Waals surface area contributed by atoms with Gasteiger partial charge in [-0.2, -0.15) is 18.4 Å². The molecule has 17 heavy (non-hydrogen) atoms. The summed E-state index contributed by atoms with van der Waals surface area (Å²) in [6.45, 7) is -0.449. The van der Waals surface area contributed by atoms with Crippen LogP contribution in [0.5, 0.6) is 0 Å². The van der Waals surface area contributed by atoms with Crippen molar-refractivity contribution in [1.82, 2.24) is 0 Å². The average Bonchev–Trinajstić information content (AvgIpc) is 2.25. The summed E-state index contributed by atoms with van der Waals surface area (Å²) in [5.41, 5.74) is 1.95. The number of hydrogen-bond donors (Lipinski definition) is 1. The number of benzene rings is 1. The van der Waals surface area contributed by atoms with Crippen LogP contribution in [0.15, 0.2) is 12.1 Å². The average molecular weight is 245 g/mol. The van der Waals surface area contributed by atoms with Crippen molar-refractivity contribution >= 4 is 5.69 Å². The van der Waals surface area contributed by atoms with Gasteiger partial charge in [0.05, 0.1) is 16.6 Å². The molecule has 0 radical (unpaired) electrons. The summed E-state index contributed by atoms with van der Waals surface area (Å²) < 4.78 is 37.8. The van der Waals surface area contributed by atoms with Crippen molar-refractivity contribution in [1.29, 1.82) is 5.26 Å². The lowest BCUT2D eigenvalue weighted by Crippen LogP contribution is -2.13. The summed E-state index contributed by atoms with van der Waals surface area (Å²) in [4.78, 5) is 9.47. The first-order valence-electron chi connectivity index (χ1n) is 4.30. The smallest absolute Gasteiger partial charge is 0.326 e. The molecule has 8 heteroatoms. The highest BCUT2D eigenvalue weighted by molar-refractivity contribution is 5.54. The van der Waals surface area contributed by atoms with E-state index in [1.165, 1.54) is 6.07 Å². The van der Waals surface area contributed by atoms with Crippen LogP contribution in [-0.4, -0.2) is 4.92 Å². The summed E-state index contributed by atoms with van der Waals surface area (Å²) in [5, 5.41) is 19.2. The van der Waals surface area contributed by atoms with Gasteiger partial charge in [0.1, 0.15) is 5.56 Å². The molecule has 0 saturated carbocycles. The molecular formula is C9H6F3N3O2. The largest absolute Gasteiger partial charge is 0.423 e. The molecule has 0 bridgehead atoms. The summed E-state index contributed by atoms with van der Waals surface area (Å²) in [6.07, 6.45) is -4.90. The quantitative estimate of drug-likeness (QED) is 0.636. The molecule has 0 amide bonds. The van der Waals surface area contributed by atoms with E-state index >= 15 is 0 Å². The van der Waals surface area contributed by atoms with Crippen LogP contribution in [0.1, 0.15) is 16.7 Å².